The van der Waals surface area contributed by atoms with Crippen molar-refractivity contribution >= 4 is 43.2 Å². The van der Waals surface area contributed by atoms with Crippen molar-refractivity contribution in [2.75, 3.05) is 18.9 Å². The highest BCUT2D eigenvalue weighted by Crippen LogP contribution is 2.31. The van der Waals surface area contributed by atoms with Crippen molar-refractivity contribution in [1.82, 2.24) is 4.72 Å². The Morgan fingerprint density at radius 1 is 1.45 bits per heavy atom. The molecule has 0 radical (unpaired) electrons. The maximum atomic E-state index is 12.3. The van der Waals surface area contributed by atoms with Crippen LogP contribution < -0.4 is 10.5 Å². The fourth-order valence-corrected chi connectivity index (χ4v) is 4.07. The lowest BCUT2D eigenvalue weighted by atomic mass is 9.90. The molecule has 0 aliphatic carbocycles. The lowest BCUT2D eigenvalue weighted by Crippen LogP contribution is -2.34. The van der Waals surface area contributed by atoms with Gasteiger partial charge in [-0.15, -0.1) is 0 Å². The topological polar surface area (TPSA) is 92.4 Å². The average molecular weight is 386 g/mol. The number of aliphatic hydroxyl groups is 1. The van der Waals surface area contributed by atoms with Crippen LogP contribution in [0.4, 0.5) is 5.69 Å². The molecular formula is C12H18BrClN2O3S. The molecule has 0 spiro atoms. The summed E-state index contributed by atoms with van der Waals surface area (Å²) in [5, 5.41) is 9.20. The molecule has 1 rings (SSSR count). The number of halogens is 2. The van der Waals surface area contributed by atoms with E-state index in [1.165, 1.54) is 12.1 Å². The summed E-state index contributed by atoms with van der Waals surface area (Å²) in [5.41, 5.74) is 5.60. The zero-order valence-corrected chi connectivity index (χ0v) is 14.4. The molecule has 0 saturated heterocycles. The summed E-state index contributed by atoms with van der Waals surface area (Å²) in [6, 6.07) is 2.81. The number of nitrogen functional groups attached to an aromatic ring is 1. The maximum Gasteiger partial charge on any atom is 0.241 e. The summed E-state index contributed by atoms with van der Waals surface area (Å²) in [6.07, 6.45) is 0.494. The monoisotopic (exact) mass is 384 g/mol. The smallest absolute Gasteiger partial charge is 0.241 e. The second-order valence-electron chi connectivity index (χ2n) is 5.27. The summed E-state index contributed by atoms with van der Waals surface area (Å²) in [4.78, 5) is 0.00213. The summed E-state index contributed by atoms with van der Waals surface area (Å²) in [7, 11) is -3.73. The third kappa shape index (κ3) is 4.60. The molecule has 20 heavy (non-hydrogen) atoms. The molecule has 0 aliphatic rings. The molecule has 0 aromatic heterocycles. The van der Waals surface area contributed by atoms with Gasteiger partial charge in [0, 0.05) is 23.9 Å². The standard InChI is InChI=1S/C12H18BrClN2O3S/c1-12(2,3-4-17)7-16-20(18,19)10-6-8(14)5-9(15)11(10)13/h5-6,16-17H,3-4,7,15H2,1-2H3. The minimum absolute atomic E-state index is 0.00213. The molecule has 0 atom stereocenters. The number of nitrogens with two attached hydrogens (primary N) is 1. The molecule has 114 valence electrons. The van der Waals surface area contributed by atoms with Gasteiger partial charge in [-0.3, -0.25) is 0 Å². The van der Waals surface area contributed by atoms with Crippen molar-refractivity contribution in [2.45, 2.75) is 25.2 Å². The highest BCUT2D eigenvalue weighted by Gasteiger charge is 2.24. The normalized spacial score (nSPS) is 12.7. The maximum absolute atomic E-state index is 12.3. The predicted molar refractivity (Wildman–Crippen MR) is 84.2 cm³/mol. The molecule has 0 amide bonds. The van der Waals surface area contributed by atoms with Gasteiger partial charge in [0.05, 0.1) is 9.37 Å². The Labute approximate surface area is 132 Å². The number of benzene rings is 1. The minimum Gasteiger partial charge on any atom is -0.398 e. The van der Waals surface area contributed by atoms with Crippen molar-refractivity contribution < 1.29 is 13.5 Å². The molecule has 0 heterocycles. The van der Waals surface area contributed by atoms with Crippen LogP contribution in [0, 0.1) is 5.41 Å². The van der Waals surface area contributed by atoms with Gasteiger partial charge in [-0.2, -0.15) is 0 Å². The van der Waals surface area contributed by atoms with E-state index in [4.69, 9.17) is 22.4 Å². The third-order valence-corrected chi connectivity index (χ3v) is 5.64. The van der Waals surface area contributed by atoms with Crippen molar-refractivity contribution in [2.24, 2.45) is 5.41 Å². The van der Waals surface area contributed by atoms with E-state index in [0.29, 0.717) is 6.42 Å². The van der Waals surface area contributed by atoms with Crippen LogP contribution in [-0.4, -0.2) is 26.7 Å². The van der Waals surface area contributed by atoms with E-state index in [-0.39, 0.29) is 38.6 Å². The predicted octanol–water partition coefficient (Wildman–Crippen LogP) is 2.37. The van der Waals surface area contributed by atoms with Gasteiger partial charge in [0.2, 0.25) is 10.0 Å². The summed E-state index contributed by atoms with van der Waals surface area (Å²) in [6.45, 7) is 3.94. The number of aliphatic hydroxyl groups excluding tert-OH is 1. The van der Waals surface area contributed by atoms with Gasteiger partial charge in [0.1, 0.15) is 0 Å². The first kappa shape index (κ1) is 17.7. The molecule has 4 N–H and O–H groups in total. The van der Waals surface area contributed by atoms with E-state index in [1.54, 1.807) is 0 Å². The zero-order chi connectivity index (χ0) is 15.6. The number of nitrogens with one attached hydrogen (secondary N) is 1. The van der Waals surface area contributed by atoms with Crippen LogP contribution in [0.25, 0.3) is 0 Å². The zero-order valence-electron chi connectivity index (χ0n) is 11.3. The molecule has 1 aromatic rings. The lowest BCUT2D eigenvalue weighted by Gasteiger charge is -2.24. The van der Waals surface area contributed by atoms with Gasteiger partial charge in [-0.1, -0.05) is 25.4 Å². The van der Waals surface area contributed by atoms with Gasteiger partial charge in [-0.25, -0.2) is 13.1 Å². The van der Waals surface area contributed by atoms with Crippen molar-refractivity contribution in [1.29, 1.82) is 0 Å². The molecular weight excluding hydrogens is 368 g/mol. The number of hydrogen-bond donors (Lipinski definition) is 3. The van der Waals surface area contributed by atoms with Gasteiger partial charge in [0.15, 0.2) is 0 Å². The SMILES string of the molecule is CC(C)(CCO)CNS(=O)(=O)c1cc(Cl)cc(N)c1Br. The van der Waals surface area contributed by atoms with E-state index >= 15 is 0 Å². The number of sulfonamides is 1. The Kier molecular flexibility index (Phi) is 5.86. The molecule has 0 aliphatic heterocycles. The molecule has 1 aromatic carbocycles. The fraction of sp³-hybridized carbons (Fsp3) is 0.500. The molecule has 0 bridgehead atoms. The first-order valence-electron chi connectivity index (χ1n) is 5.94. The molecule has 0 saturated carbocycles. The summed E-state index contributed by atoms with van der Waals surface area (Å²) in [5.74, 6) is 0. The Bertz CT molecular complexity index is 591. The second-order valence-corrected chi connectivity index (χ2v) is 8.23. The van der Waals surface area contributed by atoms with E-state index < -0.39 is 10.0 Å². The summed E-state index contributed by atoms with van der Waals surface area (Å²) >= 11 is 9.00. The first-order valence-corrected chi connectivity index (χ1v) is 8.59. The van der Waals surface area contributed by atoms with Crippen molar-refractivity contribution in [3.8, 4) is 0 Å². The first-order chi connectivity index (χ1) is 9.09. The second kappa shape index (κ2) is 6.62. The van der Waals surface area contributed by atoms with Crippen LogP contribution in [-0.2, 0) is 10.0 Å². The van der Waals surface area contributed by atoms with Gasteiger partial charge in [0.25, 0.3) is 0 Å². The Hall–Kier alpha value is -0.340. The van der Waals surface area contributed by atoms with Crippen LogP contribution in [0.5, 0.6) is 0 Å². The average Bonchev–Trinajstić information content (AvgIpc) is 2.31. The highest BCUT2D eigenvalue weighted by molar-refractivity contribution is 9.10. The largest absolute Gasteiger partial charge is 0.398 e. The van der Waals surface area contributed by atoms with Crippen LogP contribution in [0.3, 0.4) is 0 Å². The van der Waals surface area contributed by atoms with Gasteiger partial charge >= 0.3 is 0 Å². The number of rotatable bonds is 6. The summed E-state index contributed by atoms with van der Waals surface area (Å²) < 4.78 is 27.4. The quantitative estimate of drug-likeness (QED) is 0.655. The van der Waals surface area contributed by atoms with E-state index in [2.05, 4.69) is 20.7 Å². The van der Waals surface area contributed by atoms with E-state index in [1.807, 2.05) is 13.8 Å². The van der Waals surface area contributed by atoms with E-state index in [9.17, 15) is 8.42 Å². The van der Waals surface area contributed by atoms with Gasteiger partial charge < -0.3 is 10.8 Å². The minimum atomic E-state index is -3.73. The van der Waals surface area contributed by atoms with Crippen LogP contribution in [0.1, 0.15) is 20.3 Å². The third-order valence-electron chi connectivity index (χ3n) is 2.85. The van der Waals surface area contributed by atoms with Crippen LogP contribution in [0.15, 0.2) is 21.5 Å². The molecule has 0 unspecified atom stereocenters. The number of hydrogen-bond acceptors (Lipinski definition) is 4. The van der Waals surface area contributed by atoms with Crippen LogP contribution >= 0.6 is 27.5 Å². The molecule has 0 fully saturated rings. The lowest BCUT2D eigenvalue weighted by molar-refractivity contribution is 0.213. The Morgan fingerprint density at radius 2 is 2.05 bits per heavy atom. The molecule has 5 nitrogen and oxygen atoms in total. The fourth-order valence-electron chi connectivity index (χ4n) is 1.54. The number of anilines is 1. The Balaban J connectivity index is 3.01. The van der Waals surface area contributed by atoms with Gasteiger partial charge in [-0.05, 0) is 39.9 Å². The van der Waals surface area contributed by atoms with Crippen molar-refractivity contribution in [3.63, 3.8) is 0 Å². The molecule has 8 heteroatoms. The van der Waals surface area contributed by atoms with E-state index in [0.717, 1.165) is 0 Å². The van der Waals surface area contributed by atoms with Crippen molar-refractivity contribution in [3.05, 3.63) is 21.6 Å². The Morgan fingerprint density at radius 3 is 2.60 bits per heavy atom. The highest BCUT2D eigenvalue weighted by atomic mass is 79.9. The van der Waals surface area contributed by atoms with Crippen LogP contribution in [0.2, 0.25) is 5.02 Å².